The van der Waals surface area contributed by atoms with Crippen molar-refractivity contribution in [1.29, 1.82) is 0 Å². The molecular weight excluding hydrogens is 1020 g/mol. The van der Waals surface area contributed by atoms with Crippen LogP contribution in [0.1, 0.15) is 265 Å². The predicted octanol–water partition coefficient (Wildman–Crippen LogP) is 23.2. The van der Waals surface area contributed by atoms with Crippen molar-refractivity contribution >= 4 is 17.9 Å². The topological polar surface area (TPSA) is 78.9 Å². The van der Waals surface area contributed by atoms with E-state index in [1.807, 2.05) is 0 Å². The Balaban J connectivity index is 4.54. The van der Waals surface area contributed by atoms with Crippen LogP contribution in [-0.2, 0) is 28.6 Å². The van der Waals surface area contributed by atoms with Crippen LogP contribution < -0.4 is 0 Å². The van der Waals surface area contributed by atoms with Gasteiger partial charge in [-0.05, 0) is 154 Å². The molecule has 0 heterocycles. The number of carbonyl (C=O) groups is 3. The zero-order valence-electron chi connectivity index (χ0n) is 53.1. The van der Waals surface area contributed by atoms with E-state index in [2.05, 4.69) is 203 Å². The van der Waals surface area contributed by atoms with Crippen molar-refractivity contribution in [2.75, 3.05) is 13.2 Å². The van der Waals surface area contributed by atoms with Gasteiger partial charge in [-0.15, -0.1) is 0 Å². The SMILES string of the molecule is CC/C=C\C/C=C\C/C=C\C/C=C\C/C=C\C/C=C\CCCCCCC(=O)OCC(COC(=O)CCCCC/C=C\C/C=C\C/C=C\C/C=C\C/C=C\CC)OC(=O)CCCCCCCCCCCC/C=C\C/C=C\C/C=C\C/C=C\CC. The van der Waals surface area contributed by atoms with Crippen LogP contribution in [0.5, 0.6) is 0 Å². The van der Waals surface area contributed by atoms with Crippen LogP contribution >= 0.6 is 0 Å². The highest BCUT2D eigenvalue weighted by Crippen LogP contribution is 2.15. The highest BCUT2D eigenvalue weighted by molar-refractivity contribution is 5.71. The molecule has 0 radical (unpaired) electrons. The van der Waals surface area contributed by atoms with Crippen LogP contribution in [0.2, 0.25) is 0 Å². The summed E-state index contributed by atoms with van der Waals surface area (Å²) in [4.78, 5) is 38.4. The first-order chi connectivity index (χ1) is 41.0. The quantitative estimate of drug-likeness (QED) is 0.0261. The van der Waals surface area contributed by atoms with Gasteiger partial charge >= 0.3 is 17.9 Å². The number of allylic oxidation sites excluding steroid dienone is 30. The average Bonchev–Trinajstić information content (AvgIpc) is 3.49. The first-order valence-electron chi connectivity index (χ1n) is 33.3. The molecule has 0 aromatic heterocycles. The zero-order valence-corrected chi connectivity index (χ0v) is 53.1. The number of esters is 3. The van der Waals surface area contributed by atoms with E-state index in [0.717, 1.165) is 173 Å². The maximum atomic E-state index is 13.0. The molecule has 0 saturated heterocycles. The van der Waals surface area contributed by atoms with Gasteiger partial charge < -0.3 is 14.2 Å². The second-order valence-electron chi connectivity index (χ2n) is 21.2. The highest BCUT2D eigenvalue weighted by atomic mass is 16.6. The summed E-state index contributed by atoms with van der Waals surface area (Å²) in [5.41, 5.74) is 0. The number of carbonyl (C=O) groups excluding carboxylic acids is 3. The Labute approximate surface area is 510 Å². The molecule has 0 spiro atoms. The summed E-state index contributed by atoms with van der Waals surface area (Å²) in [6.45, 7) is 6.25. The smallest absolute Gasteiger partial charge is 0.306 e. The van der Waals surface area contributed by atoms with Crippen molar-refractivity contribution in [3.05, 3.63) is 182 Å². The third-order valence-electron chi connectivity index (χ3n) is 13.4. The summed E-state index contributed by atoms with van der Waals surface area (Å²) in [6, 6.07) is 0. The molecule has 6 nitrogen and oxygen atoms in total. The standard InChI is InChI=1S/C77H120O6/c1-4-7-10-13-16-19-22-25-28-31-34-36-38-40-43-46-49-52-55-58-61-64-67-70-76(79)82-73-74(72-81-75(78)69-66-63-60-57-54-51-48-45-42-33-30-27-24-21-18-15-12-9-6-3)83-77(80)71-68-65-62-59-56-53-50-47-44-41-39-37-35-32-29-26-23-20-17-14-11-8-5-2/h7-12,16-21,25-30,34-37,40,42-43,45,49,51-52,54,74H,4-6,13-15,22-24,31-33,38-39,41,44,46-48,50,53,55-73H2,1-3H3/b10-7-,11-8-,12-9-,19-16-,20-17-,21-18-,28-25-,29-26-,30-27-,36-34-,37-35-,43-40-,45-42-,52-49-,54-51-. The first-order valence-corrected chi connectivity index (χ1v) is 33.3. The summed E-state index contributed by atoms with van der Waals surface area (Å²) >= 11 is 0. The van der Waals surface area contributed by atoms with Crippen molar-refractivity contribution in [2.24, 2.45) is 0 Å². The van der Waals surface area contributed by atoms with Crippen molar-refractivity contribution in [1.82, 2.24) is 0 Å². The molecule has 1 atom stereocenters. The van der Waals surface area contributed by atoms with Gasteiger partial charge in [-0.2, -0.15) is 0 Å². The lowest BCUT2D eigenvalue weighted by Gasteiger charge is -2.18. The minimum atomic E-state index is -0.818. The first kappa shape index (κ1) is 77.5. The van der Waals surface area contributed by atoms with Crippen LogP contribution in [0.25, 0.3) is 0 Å². The van der Waals surface area contributed by atoms with Crippen molar-refractivity contribution in [3.63, 3.8) is 0 Å². The average molecular weight is 1140 g/mol. The van der Waals surface area contributed by atoms with Crippen molar-refractivity contribution < 1.29 is 28.6 Å². The Kier molecular flexibility index (Phi) is 64.4. The van der Waals surface area contributed by atoms with E-state index in [1.54, 1.807) is 0 Å². The number of unbranched alkanes of at least 4 members (excludes halogenated alkanes) is 17. The van der Waals surface area contributed by atoms with E-state index in [1.165, 1.54) is 51.4 Å². The van der Waals surface area contributed by atoms with E-state index in [9.17, 15) is 14.4 Å². The highest BCUT2D eigenvalue weighted by Gasteiger charge is 2.19. The van der Waals surface area contributed by atoms with Gasteiger partial charge in [0.1, 0.15) is 13.2 Å². The van der Waals surface area contributed by atoms with E-state index in [-0.39, 0.29) is 31.1 Å². The third-order valence-corrected chi connectivity index (χ3v) is 13.4. The fraction of sp³-hybridized carbons (Fsp3) is 0.571. The fourth-order valence-electron chi connectivity index (χ4n) is 8.52. The molecule has 0 N–H and O–H groups in total. The molecule has 0 aromatic rings. The van der Waals surface area contributed by atoms with Gasteiger partial charge in [-0.3, -0.25) is 14.4 Å². The maximum absolute atomic E-state index is 13.0. The molecule has 0 rings (SSSR count). The Hall–Kier alpha value is -5.49. The number of hydrogen-bond donors (Lipinski definition) is 0. The monoisotopic (exact) mass is 1140 g/mol. The summed E-state index contributed by atoms with van der Waals surface area (Å²) in [5, 5.41) is 0. The number of hydrogen-bond acceptors (Lipinski definition) is 6. The minimum absolute atomic E-state index is 0.113. The lowest BCUT2D eigenvalue weighted by atomic mass is 10.0. The normalized spacial score (nSPS) is 13.3. The summed E-state index contributed by atoms with van der Waals surface area (Å²) in [7, 11) is 0. The number of ether oxygens (including phenoxy) is 3. The molecule has 0 amide bonds. The van der Waals surface area contributed by atoms with E-state index >= 15 is 0 Å². The van der Waals surface area contributed by atoms with Gasteiger partial charge in [-0.25, -0.2) is 0 Å². The minimum Gasteiger partial charge on any atom is -0.462 e. The summed E-state index contributed by atoms with van der Waals surface area (Å²) < 4.78 is 16.9. The van der Waals surface area contributed by atoms with Crippen LogP contribution in [0, 0.1) is 0 Å². The third kappa shape index (κ3) is 67.2. The molecule has 0 aliphatic heterocycles. The molecule has 0 aliphatic carbocycles. The van der Waals surface area contributed by atoms with E-state index in [4.69, 9.17) is 14.2 Å². The van der Waals surface area contributed by atoms with Crippen molar-refractivity contribution in [3.8, 4) is 0 Å². The Morgan fingerprint density at radius 3 is 0.687 bits per heavy atom. The largest absolute Gasteiger partial charge is 0.462 e. The molecule has 0 aliphatic rings. The van der Waals surface area contributed by atoms with Gasteiger partial charge in [0.2, 0.25) is 0 Å². The molecule has 6 heteroatoms. The molecule has 83 heavy (non-hydrogen) atoms. The molecular formula is C77H120O6. The fourth-order valence-corrected chi connectivity index (χ4v) is 8.52. The predicted molar refractivity (Wildman–Crippen MR) is 361 cm³/mol. The Morgan fingerprint density at radius 1 is 0.241 bits per heavy atom. The molecule has 0 aromatic carbocycles. The lowest BCUT2D eigenvalue weighted by molar-refractivity contribution is -0.167. The zero-order chi connectivity index (χ0) is 59.9. The van der Waals surface area contributed by atoms with Gasteiger partial charge in [0, 0.05) is 19.3 Å². The van der Waals surface area contributed by atoms with E-state index < -0.39 is 6.10 Å². The second-order valence-corrected chi connectivity index (χ2v) is 21.2. The molecule has 1 unspecified atom stereocenters. The van der Waals surface area contributed by atoms with Gasteiger partial charge in [-0.1, -0.05) is 274 Å². The molecule has 0 saturated carbocycles. The molecule has 0 bridgehead atoms. The van der Waals surface area contributed by atoms with Crippen LogP contribution in [0.4, 0.5) is 0 Å². The summed E-state index contributed by atoms with van der Waals surface area (Å²) in [5.74, 6) is -0.976. The maximum Gasteiger partial charge on any atom is 0.306 e. The van der Waals surface area contributed by atoms with Gasteiger partial charge in [0.15, 0.2) is 6.10 Å². The Bertz CT molecular complexity index is 1940. The van der Waals surface area contributed by atoms with Gasteiger partial charge in [0.25, 0.3) is 0 Å². The van der Waals surface area contributed by atoms with Gasteiger partial charge in [0.05, 0.1) is 0 Å². The number of rotatable bonds is 58. The lowest BCUT2D eigenvalue weighted by Crippen LogP contribution is -2.30. The second kappa shape index (κ2) is 69.0. The Morgan fingerprint density at radius 2 is 0.434 bits per heavy atom. The van der Waals surface area contributed by atoms with Crippen LogP contribution in [0.15, 0.2) is 182 Å². The van der Waals surface area contributed by atoms with Crippen LogP contribution in [0.3, 0.4) is 0 Å². The molecule has 0 fully saturated rings. The summed E-state index contributed by atoms with van der Waals surface area (Å²) in [6.07, 6.45) is 103. The van der Waals surface area contributed by atoms with E-state index in [0.29, 0.717) is 19.3 Å². The van der Waals surface area contributed by atoms with Crippen molar-refractivity contribution in [2.45, 2.75) is 271 Å². The molecule has 464 valence electrons. The van der Waals surface area contributed by atoms with Crippen LogP contribution in [-0.4, -0.2) is 37.2 Å².